The van der Waals surface area contributed by atoms with Crippen molar-refractivity contribution in [2.75, 3.05) is 36.7 Å². The van der Waals surface area contributed by atoms with Crippen LogP contribution in [0.15, 0.2) is 12.1 Å². The Kier molecular flexibility index (Phi) is 7.66. The Hall–Kier alpha value is -0.620. The number of likely N-dealkylation sites (N-methyl/N-ethyl adjacent to an activating group) is 1. The summed E-state index contributed by atoms with van der Waals surface area (Å²) in [5, 5.41) is 3.42. The number of nitrogens with one attached hydrogen (secondary N) is 1. The van der Waals surface area contributed by atoms with Crippen LogP contribution in [0.1, 0.15) is 13.3 Å². The molecule has 1 atom stereocenters. The highest BCUT2D eigenvalue weighted by Gasteiger charge is 2.15. The van der Waals surface area contributed by atoms with E-state index in [9.17, 15) is 4.79 Å². The molecular formula is C14H21Cl2N3OS. The fourth-order valence-corrected chi connectivity index (χ4v) is 2.96. The van der Waals surface area contributed by atoms with Gasteiger partial charge in [0.2, 0.25) is 5.91 Å². The Labute approximate surface area is 140 Å². The number of carbonyl (C=O) groups excluding carboxylic acids is 1. The molecule has 1 aromatic rings. The molecule has 0 aliphatic heterocycles. The molecule has 0 bridgehead atoms. The van der Waals surface area contributed by atoms with Crippen LogP contribution in [0.5, 0.6) is 0 Å². The molecule has 7 heteroatoms. The Morgan fingerprint density at radius 2 is 2.00 bits per heavy atom. The number of nitrogens with zero attached hydrogens (tertiary/aromatic N) is 1. The smallest absolute Gasteiger partial charge is 0.238 e. The van der Waals surface area contributed by atoms with Gasteiger partial charge in [-0.3, -0.25) is 9.69 Å². The lowest BCUT2D eigenvalue weighted by atomic mass is 10.2. The van der Waals surface area contributed by atoms with Crippen molar-refractivity contribution in [2.45, 2.75) is 19.4 Å². The van der Waals surface area contributed by atoms with Crippen molar-refractivity contribution < 1.29 is 4.79 Å². The Balaban J connectivity index is 2.62. The van der Waals surface area contributed by atoms with Gasteiger partial charge in [0.25, 0.3) is 0 Å². The zero-order valence-corrected chi connectivity index (χ0v) is 14.8. The normalized spacial score (nSPS) is 12.5. The number of amides is 1. The van der Waals surface area contributed by atoms with Gasteiger partial charge >= 0.3 is 0 Å². The first-order chi connectivity index (χ1) is 9.85. The molecule has 0 saturated heterocycles. The van der Waals surface area contributed by atoms with E-state index < -0.39 is 0 Å². The van der Waals surface area contributed by atoms with E-state index in [0.717, 1.165) is 12.2 Å². The molecule has 0 spiro atoms. The largest absolute Gasteiger partial charge is 0.399 e. The minimum Gasteiger partial charge on any atom is -0.399 e. The minimum atomic E-state index is -0.151. The molecule has 0 aromatic heterocycles. The second-order valence-corrected chi connectivity index (χ2v) is 6.75. The molecule has 1 amide bonds. The summed E-state index contributed by atoms with van der Waals surface area (Å²) >= 11 is 13.9. The van der Waals surface area contributed by atoms with Crippen molar-refractivity contribution in [3.63, 3.8) is 0 Å². The van der Waals surface area contributed by atoms with E-state index in [4.69, 9.17) is 28.9 Å². The highest BCUT2D eigenvalue weighted by molar-refractivity contribution is 7.98. The fourth-order valence-electron chi connectivity index (χ4n) is 1.78. The van der Waals surface area contributed by atoms with Gasteiger partial charge in [0.1, 0.15) is 0 Å². The number of anilines is 2. The summed E-state index contributed by atoms with van der Waals surface area (Å²) < 4.78 is 0. The second-order valence-electron chi connectivity index (χ2n) is 4.95. The highest BCUT2D eigenvalue weighted by Crippen LogP contribution is 2.32. The lowest BCUT2D eigenvalue weighted by Crippen LogP contribution is -2.36. The third-order valence-electron chi connectivity index (χ3n) is 3.21. The van der Waals surface area contributed by atoms with Crippen LogP contribution in [0, 0.1) is 0 Å². The van der Waals surface area contributed by atoms with Crippen molar-refractivity contribution in [3.05, 3.63) is 22.2 Å². The van der Waals surface area contributed by atoms with E-state index in [1.165, 1.54) is 0 Å². The Morgan fingerprint density at radius 3 is 2.52 bits per heavy atom. The van der Waals surface area contributed by atoms with Gasteiger partial charge in [-0.2, -0.15) is 11.8 Å². The van der Waals surface area contributed by atoms with Crippen LogP contribution in [0.2, 0.25) is 10.0 Å². The van der Waals surface area contributed by atoms with Crippen LogP contribution in [0.25, 0.3) is 0 Å². The number of hydrogen-bond acceptors (Lipinski definition) is 4. The summed E-state index contributed by atoms with van der Waals surface area (Å²) in [5.74, 6) is 0.921. The Bertz CT molecular complexity index is 476. The van der Waals surface area contributed by atoms with Gasteiger partial charge in [0.15, 0.2) is 0 Å². The molecule has 0 radical (unpaired) electrons. The van der Waals surface area contributed by atoms with Crippen molar-refractivity contribution in [1.29, 1.82) is 0 Å². The number of nitrogens with two attached hydrogens (primary N) is 1. The molecule has 21 heavy (non-hydrogen) atoms. The highest BCUT2D eigenvalue weighted by atomic mass is 35.5. The maximum atomic E-state index is 12.1. The topological polar surface area (TPSA) is 58.4 Å². The van der Waals surface area contributed by atoms with Crippen LogP contribution < -0.4 is 11.1 Å². The summed E-state index contributed by atoms with van der Waals surface area (Å²) in [6, 6.07) is 3.46. The fraction of sp³-hybridized carbons (Fsp3) is 0.500. The molecule has 0 heterocycles. The average molecular weight is 350 g/mol. The molecule has 0 aliphatic carbocycles. The first-order valence-electron chi connectivity index (χ1n) is 6.58. The predicted octanol–water partition coefficient (Wildman–Crippen LogP) is 3.59. The summed E-state index contributed by atoms with van der Waals surface area (Å²) in [5.41, 5.74) is 6.50. The van der Waals surface area contributed by atoms with Gasteiger partial charge < -0.3 is 11.1 Å². The second kappa shape index (κ2) is 8.73. The lowest BCUT2D eigenvalue weighted by molar-refractivity contribution is -0.117. The summed E-state index contributed by atoms with van der Waals surface area (Å²) in [6.45, 7) is 2.39. The molecule has 0 aliphatic rings. The monoisotopic (exact) mass is 349 g/mol. The predicted molar refractivity (Wildman–Crippen MR) is 94.6 cm³/mol. The number of thioether (sulfide) groups is 1. The maximum Gasteiger partial charge on any atom is 0.238 e. The molecule has 4 nitrogen and oxygen atoms in total. The molecule has 1 aromatic carbocycles. The number of benzene rings is 1. The first kappa shape index (κ1) is 18.4. The van der Waals surface area contributed by atoms with Crippen LogP contribution in [0.4, 0.5) is 11.4 Å². The molecular weight excluding hydrogens is 329 g/mol. The van der Waals surface area contributed by atoms with Gasteiger partial charge in [-0.1, -0.05) is 23.2 Å². The average Bonchev–Trinajstić information content (AvgIpc) is 2.39. The lowest BCUT2D eigenvalue weighted by Gasteiger charge is -2.24. The van der Waals surface area contributed by atoms with Crippen molar-refractivity contribution in [2.24, 2.45) is 0 Å². The first-order valence-corrected chi connectivity index (χ1v) is 8.73. The SMILES string of the molecule is CSCCC(C)N(C)CC(=O)Nc1c(Cl)cc(N)cc1Cl. The summed E-state index contributed by atoms with van der Waals surface area (Å²) in [6.07, 6.45) is 3.11. The van der Waals surface area contributed by atoms with E-state index in [2.05, 4.69) is 18.5 Å². The zero-order valence-electron chi connectivity index (χ0n) is 12.5. The van der Waals surface area contributed by atoms with Crippen LogP contribution in [-0.4, -0.2) is 42.4 Å². The van der Waals surface area contributed by atoms with E-state index in [1.54, 1.807) is 23.9 Å². The number of nitrogen functional groups attached to an aromatic ring is 1. The molecule has 1 rings (SSSR count). The van der Waals surface area contributed by atoms with Gasteiger partial charge in [-0.15, -0.1) is 0 Å². The van der Waals surface area contributed by atoms with E-state index >= 15 is 0 Å². The van der Waals surface area contributed by atoms with Gasteiger partial charge in [-0.05, 0) is 44.5 Å². The maximum absolute atomic E-state index is 12.1. The Morgan fingerprint density at radius 1 is 1.43 bits per heavy atom. The number of carbonyl (C=O) groups is 1. The van der Waals surface area contributed by atoms with Crippen LogP contribution in [0.3, 0.4) is 0 Å². The van der Waals surface area contributed by atoms with Crippen molar-refractivity contribution in [1.82, 2.24) is 4.90 Å². The van der Waals surface area contributed by atoms with Crippen molar-refractivity contribution >= 4 is 52.2 Å². The summed E-state index contributed by atoms with van der Waals surface area (Å²) in [4.78, 5) is 14.1. The minimum absolute atomic E-state index is 0.151. The van der Waals surface area contributed by atoms with Gasteiger partial charge in [0.05, 0.1) is 22.3 Å². The number of halogens is 2. The molecule has 3 N–H and O–H groups in total. The number of hydrogen-bond donors (Lipinski definition) is 2. The quantitative estimate of drug-likeness (QED) is 0.738. The van der Waals surface area contributed by atoms with Gasteiger partial charge in [0, 0.05) is 11.7 Å². The van der Waals surface area contributed by atoms with Crippen molar-refractivity contribution in [3.8, 4) is 0 Å². The van der Waals surface area contributed by atoms with Crippen LogP contribution >= 0.6 is 35.0 Å². The van der Waals surface area contributed by atoms with E-state index in [-0.39, 0.29) is 12.5 Å². The molecule has 0 saturated carbocycles. The number of rotatable bonds is 7. The van der Waals surface area contributed by atoms with Crippen LogP contribution in [-0.2, 0) is 4.79 Å². The summed E-state index contributed by atoms with van der Waals surface area (Å²) in [7, 11) is 1.93. The molecule has 0 fully saturated rings. The third kappa shape index (κ3) is 5.94. The molecule has 118 valence electrons. The van der Waals surface area contributed by atoms with E-state index in [0.29, 0.717) is 27.5 Å². The molecule has 1 unspecified atom stereocenters. The standard InChI is InChI=1S/C14H21Cl2N3OS/c1-9(4-5-21-3)19(2)8-13(20)18-14-11(15)6-10(17)7-12(14)16/h6-7,9H,4-5,8,17H2,1-3H3,(H,18,20). The van der Waals surface area contributed by atoms with E-state index in [1.807, 2.05) is 11.9 Å². The van der Waals surface area contributed by atoms with Gasteiger partial charge in [-0.25, -0.2) is 0 Å². The zero-order chi connectivity index (χ0) is 16.0. The third-order valence-corrected chi connectivity index (χ3v) is 4.45.